The highest BCUT2D eigenvalue weighted by Gasteiger charge is 2.31. The molecule has 0 unspecified atom stereocenters. The molecule has 1 aliphatic carbocycles. The van der Waals surface area contributed by atoms with Crippen molar-refractivity contribution in [3.8, 4) is 0 Å². The Morgan fingerprint density at radius 3 is 2.48 bits per heavy atom. The number of rotatable bonds is 4. The van der Waals surface area contributed by atoms with E-state index in [1.165, 1.54) is 0 Å². The maximum absolute atomic E-state index is 13.1. The molecule has 0 spiro atoms. The van der Waals surface area contributed by atoms with Gasteiger partial charge >= 0.3 is 0 Å². The van der Waals surface area contributed by atoms with Crippen molar-refractivity contribution in [1.29, 1.82) is 0 Å². The molecule has 1 aliphatic heterocycles. The Kier molecular flexibility index (Phi) is 5.92. The Balaban J connectivity index is 1.59. The summed E-state index contributed by atoms with van der Waals surface area (Å²) in [7, 11) is -3.77. The van der Waals surface area contributed by atoms with Gasteiger partial charge in [0.2, 0.25) is 0 Å². The van der Waals surface area contributed by atoms with Crippen LogP contribution in [0.15, 0.2) is 38.7 Å². The van der Waals surface area contributed by atoms with Crippen LogP contribution < -0.4 is 4.83 Å². The number of fused-ring (bicyclic) bond motifs is 1. The minimum Gasteiger partial charge on any atom is -0.455 e. The Morgan fingerprint density at radius 2 is 1.81 bits per heavy atom. The first kappa shape index (κ1) is 21.6. The summed E-state index contributed by atoms with van der Waals surface area (Å²) in [6.45, 7) is 7.44. The Morgan fingerprint density at radius 1 is 1.13 bits per heavy atom. The van der Waals surface area contributed by atoms with Crippen molar-refractivity contribution in [2.75, 3.05) is 13.1 Å². The molecule has 1 fully saturated rings. The standard InChI is InChI=1S/C23H29N3O4S/c1-15-7-9-18(10-8-15)31(28,29)25-24-19-5-4-6-20-21(19)17(3)22(30-20)23(27)26-13-11-16(2)12-14-26/h7-10,16,25H,4-6,11-14H2,1-3H3/b24-19+. The average Bonchev–Trinajstić information content (AvgIpc) is 3.10. The lowest BCUT2D eigenvalue weighted by molar-refractivity contribution is 0.0662. The van der Waals surface area contributed by atoms with Crippen LogP contribution in [0.1, 0.15) is 65.6 Å². The van der Waals surface area contributed by atoms with Crippen LogP contribution in [0.2, 0.25) is 0 Å². The largest absolute Gasteiger partial charge is 0.455 e. The van der Waals surface area contributed by atoms with Crippen LogP contribution in [0, 0.1) is 19.8 Å². The highest BCUT2D eigenvalue weighted by Crippen LogP contribution is 2.31. The van der Waals surface area contributed by atoms with Gasteiger partial charge in [-0.1, -0.05) is 24.6 Å². The van der Waals surface area contributed by atoms with Gasteiger partial charge in [-0.15, -0.1) is 0 Å². The molecule has 4 rings (SSSR count). The summed E-state index contributed by atoms with van der Waals surface area (Å²) in [4.78, 5) is 17.4. The predicted octanol–water partition coefficient (Wildman–Crippen LogP) is 3.79. The molecule has 2 aliphatic rings. The van der Waals surface area contributed by atoms with Gasteiger partial charge in [-0.2, -0.15) is 18.4 Å². The van der Waals surface area contributed by atoms with Crippen LogP contribution in [0.5, 0.6) is 0 Å². The third-order valence-corrected chi connectivity index (χ3v) is 7.45. The number of carbonyl (C=O) groups excluding carboxylic acids is 1. The predicted molar refractivity (Wildman–Crippen MR) is 119 cm³/mol. The number of benzene rings is 1. The van der Waals surface area contributed by atoms with Gasteiger partial charge in [0.05, 0.1) is 10.6 Å². The van der Waals surface area contributed by atoms with Gasteiger partial charge in [-0.05, 0) is 57.6 Å². The highest BCUT2D eigenvalue weighted by atomic mass is 32.2. The van der Waals surface area contributed by atoms with Gasteiger partial charge in [0, 0.05) is 30.6 Å². The second-order valence-electron chi connectivity index (χ2n) is 8.65. The summed E-state index contributed by atoms with van der Waals surface area (Å²) in [6, 6.07) is 6.62. The zero-order valence-electron chi connectivity index (χ0n) is 18.3. The van der Waals surface area contributed by atoms with Crippen molar-refractivity contribution in [3.05, 3.63) is 52.5 Å². The van der Waals surface area contributed by atoms with Crippen LogP contribution in [-0.4, -0.2) is 38.0 Å². The first-order valence-electron chi connectivity index (χ1n) is 10.8. The molecular weight excluding hydrogens is 414 g/mol. The summed E-state index contributed by atoms with van der Waals surface area (Å²) in [5.41, 5.74) is 3.11. The molecule has 0 radical (unpaired) electrons. The Bertz CT molecular complexity index is 1110. The lowest BCUT2D eigenvalue weighted by atomic mass is 9.93. The summed E-state index contributed by atoms with van der Waals surface area (Å²) in [5.74, 6) is 1.62. The maximum atomic E-state index is 13.1. The number of furan rings is 1. The van der Waals surface area contributed by atoms with Gasteiger partial charge in [0.1, 0.15) is 5.76 Å². The topological polar surface area (TPSA) is 92.0 Å². The van der Waals surface area contributed by atoms with Crippen LogP contribution in [-0.2, 0) is 16.4 Å². The second kappa shape index (κ2) is 8.49. The van der Waals surface area contributed by atoms with E-state index >= 15 is 0 Å². The van der Waals surface area contributed by atoms with Crippen molar-refractivity contribution in [1.82, 2.24) is 9.73 Å². The van der Waals surface area contributed by atoms with Crippen LogP contribution >= 0.6 is 0 Å². The third kappa shape index (κ3) is 4.39. The van der Waals surface area contributed by atoms with Crippen LogP contribution in [0.25, 0.3) is 0 Å². The van der Waals surface area contributed by atoms with Crippen molar-refractivity contribution >= 4 is 21.6 Å². The fraction of sp³-hybridized carbons (Fsp3) is 0.478. The molecule has 31 heavy (non-hydrogen) atoms. The molecule has 1 N–H and O–H groups in total. The van der Waals surface area contributed by atoms with E-state index in [4.69, 9.17) is 4.42 Å². The zero-order chi connectivity index (χ0) is 22.2. The Hall–Kier alpha value is -2.61. The smallest absolute Gasteiger partial charge is 0.289 e. The van der Waals surface area contributed by atoms with Crippen molar-refractivity contribution in [2.24, 2.45) is 11.0 Å². The number of hydrogen-bond donors (Lipinski definition) is 1. The molecule has 2 heterocycles. The number of nitrogens with one attached hydrogen (secondary N) is 1. The lowest BCUT2D eigenvalue weighted by Crippen LogP contribution is -2.38. The number of aryl methyl sites for hydroxylation is 2. The molecule has 166 valence electrons. The highest BCUT2D eigenvalue weighted by molar-refractivity contribution is 7.89. The molecule has 1 aromatic heterocycles. The van der Waals surface area contributed by atoms with E-state index in [1.807, 2.05) is 18.7 Å². The normalized spacial score (nSPS) is 18.8. The van der Waals surface area contributed by atoms with E-state index in [2.05, 4.69) is 16.9 Å². The van der Waals surface area contributed by atoms with E-state index in [1.54, 1.807) is 24.3 Å². The van der Waals surface area contributed by atoms with E-state index in [-0.39, 0.29) is 10.8 Å². The zero-order valence-corrected chi connectivity index (χ0v) is 19.1. The minimum atomic E-state index is -3.77. The number of hydrogen-bond acceptors (Lipinski definition) is 5. The maximum Gasteiger partial charge on any atom is 0.289 e. The first-order valence-corrected chi connectivity index (χ1v) is 12.3. The SMILES string of the molecule is Cc1ccc(S(=O)(=O)N/N=C2\CCCc3oc(C(=O)N4CCC(C)CC4)c(C)c32)cc1. The van der Waals surface area contributed by atoms with Crippen molar-refractivity contribution in [3.63, 3.8) is 0 Å². The number of piperidine rings is 1. The summed E-state index contributed by atoms with van der Waals surface area (Å²) in [5, 5.41) is 4.24. The molecular formula is C23H29N3O4S. The molecule has 0 bridgehead atoms. The molecule has 1 amide bonds. The lowest BCUT2D eigenvalue weighted by Gasteiger charge is -2.29. The van der Waals surface area contributed by atoms with E-state index in [9.17, 15) is 13.2 Å². The number of sulfonamides is 1. The van der Waals surface area contributed by atoms with Crippen LogP contribution in [0.4, 0.5) is 0 Å². The molecule has 0 saturated carbocycles. The van der Waals surface area contributed by atoms with Gasteiger partial charge in [0.15, 0.2) is 5.76 Å². The number of nitrogens with zero attached hydrogens (tertiary/aromatic N) is 2. The van der Waals surface area contributed by atoms with Gasteiger partial charge in [-0.25, -0.2) is 0 Å². The van der Waals surface area contributed by atoms with Crippen molar-refractivity contribution < 1.29 is 17.6 Å². The molecule has 8 heteroatoms. The van der Waals surface area contributed by atoms with E-state index < -0.39 is 10.0 Å². The number of amides is 1. The minimum absolute atomic E-state index is 0.0848. The van der Waals surface area contributed by atoms with Crippen molar-refractivity contribution in [2.45, 2.75) is 57.8 Å². The average molecular weight is 444 g/mol. The molecule has 1 aromatic carbocycles. The van der Waals surface area contributed by atoms with Gasteiger partial charge in [-0.3, -0.25) is 4.79 Å². The molecule has 7 nitrogen and oxygen atoms in total. The van der Waals surface area contributed by atoms with E-state index in [0.29, 0.717) is 36.0 Å². The van der Waals surface area contributed by atoms with Gasteiger partial charge in [0.25, 0.3) is 15.9 Å². The monoisotopic (exact) mass is 443 g/mol. The number of likely N-dealkylation sites (tertiary alicyclic amines) is 1. The third-order valence-electron chi connectivity index (χ3n) is 6.22. The number of carbonyl (C=O) groups is 1. The molecule has 1 saturated heterocycles. The first-order chi connectivity index (χ1) is 14.8. The molecule has 0 atom stereocenters. The summed E-state index contributed by atoms with van der Waals surface area (Å²) >= 11 is 0. The fourth-order valence-electron chi connectivity index (χ4n) is 4.22. The summed E-state index contributed by atoms with van der Waals surface area (Å²) in [6.07, 6.45) is 4.13. The van der Waals surface area contributed by atoms with Gasteiger partial charge < -0.3 is 9.32 Å². The summed E-state index contributed by atoms with van der Waals surface area (Å²) < 4.78 is 31.2. The second-order valence-corrected chi connectivity index (χ2v) is 10.3. The van der Waals surface area contributed by atoms with Crippen LogP contribution in [0.3, 0.4) is 0 Å². The van der Waals surface area contributed by atoms with E-state index in [0.717, 1.165) is 49.0 Å². The molecule has 2 aromatic rings. The fourth-order valence-corrected chi connectivity index (χ4v) is 5.05. The Labute approximate surface area is 183 Å². The number of hydrazone groups is 1. The quantitative estimate of drug-likeness (QED) is 0.728.